The van der Waals surface area contributed by atoms with Crippen LogP contribution in [0.4, 0.5) is 5.69 Å². The molecule has 0 aromatic heterocycles. The Balaban J connectivity index is 1.54. The lowest BCUT2D eigenvalue weighted by Gasteiger charge is -2.21. The van der Waals surface area contributed by atoms with Gasteiger partial charge in [0.05, 0.1) is 12.0 Å². The summed E-state index contributed by atoms with van der Waals surface area (Å²) in [6.45, 7) is 5.67. The molecule has 0 bridgehead atoms. The molecule has 0 saturated carbocycles. The van der Waals surface area contributed by atoms with E-state index >= 15 is 0 Å². The Labute approximate surface area is 170 Å². The third kappa shape index (κ3) is 4.83. The van der Waals surface area contributed by atoms with E-state index in [-0.39, 0.29) is 37.4 Å². The van der Waals surface area contributed by atoms with Crippen LogP contribution in [-0.2, 0) is 19.1 Å². The van der Waals surface area contributed by atoms with Crippen LogP contribution in [0, 0.1) is 19.8 Å². The van der Waals surface area contributed by atoms with Gasteiger partial charge < -0.3 is 15.0 Å². The molecule has 2 aromatic rings. The summed E-state index contributed by atoms with van der Waals surface area (Å²) in [7, 11) is 0. The van der Waals surface area contributed by atoms with Crippen molar-refractivity contribution in [1.82, 2.24) is 5.32 Å². The minimum absolute atomic E-state index is 0.0919. The van der Waals surface area contributed by atoms with E-state index in [1.165, 1.54) is 0 Å². The van der Waals surface area contributed by atoms with Crippen LogP contribution in [0.3, 0.4) is 0 Å². The highest BCUT2D eigenvalue weighted by Crippen LogP contribution is 2.31. The Morgan fingerprint density at radius 3 is 2.41 bits per heavy atom. The Hall–Kier alpha value is -3.15. The molecule has 1 aliphatic heterocycles. The quantitative estimate of drug-likeness (QED) is 0.764. The molecule has 29 heavy (non-hydrogen) atoms. The summed E-state index contributed by atoms with van der Waals surface area (Å²) in [5, 5.41) is 2.81. The van der Waals surface area contributed by atoms with Crippen LogP contribution in [0.2, 0.25) is 0 Å². The maximum Gasteiger partial charge on any atom is 0.311 e. The molecule has 152 valence electrons. The highest BCUT2D eigenvalue weighted by molar-refractivity contribution is 6.00. The highest BCUT2D eigenvalue weighted by Gasteiger charge is 2.37. The van der Waals surface area contributed by atoms with Gasteiger partial charge in [-0.3, -0.25) is 14.4 Å². The number of carbonyl (C=O) groups excluding carboxylic acids is 3. The average Bonchev–Trinajstić information content (AvgIpc) is 3.08. The first-order valence-electron chi connectivity index (χ1n) is 9.74. The predicted molar refractivity (Wildman–Crippen MR) is 110 cm³/mol. The first-order chi connectivity index (χ1) is 13.9. The van der Waals surface area contributed by atoms with Crippen LogP contribution in [0.5, 0.6) is 0 Å². The van der Waals surface area contributed by atoms with Crippen molar-refractivity contribution >= 4 is 23.5 Å². The maximum atomic E-state index is 12.5. The minimum atomic E-state index is -0.569. The molecule has 1 saturated heterocycles. The monoisotopic (exact) mass is 394 g/mol. The SMILES string of the molecule is Cc1cccc(C)c1N1C[C@H](C(=O)OCC(=O)N[C@@H](C)c2ccccc2)CC1=O. The largest absolute Gasteiger partial charge is 0.455 e. The van der Waals surface area contributed by atoms with Gasteiger partial charge in [-0.05, 0) is 37.5 Å². The number of benzene rings is 2. The average molecular weight is 394 g/mol. The van der Waals surface area contributed by atoms with Crippen molar-refractivity contribution in [3.8, 4) is 0 Å². The zero-order valence-electron chi connectivity index (χ0n) is 17.0. The highest BCUT2D eigenvalue weighted by atomic mass is 16.5. The molecule has 0 unspecified atom stereocenters. The number of aryl methyl sites for hydroxylation is 2. The zero-order valence-corrected chi connectivity index (χ0v) is 17.0. The number of carbonyl (C=O) groups is 3. The number of anilines is 1. The normalized spacial score (nSPS) is 17.1. The molecule has 1 aliphatic rings. The van der Waals surface area contributed by atoms with Gasteiger partial charge in [-0.2, -0.15) is 0 Å². The van der Waals surface area contributed by atoms with Gasteiger partial charge in [0, 0.05) is 18.7 Å². The summed E-state index contributed by atoms with van der Waals surface area (Å²) in [5.74, 6) is -1.56. The standard InChI is InChI=1S/C23H26N2O4/c1-15-8-7-9-16(2)22(15)25-13-19(12-21(25)27)23(28)29-14-20(26)24-17(3)18-10-5-4-6-11-18/h4-11,17,19H,12-14H2,1-3H3,(H,24,26)/t17-,19+/m0/s1. The van der Waals surface area contributed by atoms with Crippen LogP contribution in [0.25, 0.3) is 0 Å². The number of nitrogens with one attached hydrogen (secondary N) is 1. The number of hydrogen-bond acceptors (Lipinski definition) is 4. The molecule has 3 rings (SSSR count). The number of para-hydroxylation sites is 1. The number of nitrogens with zero attached hydrogens (tertiary/aromatic N) is 1. The summed E-state index contributed by atoms with van der Waals surface area (Å²) >= 11 is 0. The number of rotatable bonds is 6. The van der Waals surface area contributed by atoms with Crippen LogP contribution in [-0.4, -0.2) is 30.9 Å². The van der Waals surface area contributed by atoms with Gasteiger partial charge in [0.1, 0.15) is 0 Å². The lowest BCUT2D eigenvalue weighted by atomic mass is 10.1. The van der Waals surface area contributed by atoms with E-state index in [9.17, 15) is 14.4 Å². The van der Waals surface area contributed by atoms with E-state index in [4.69, 9.17) is 4.74 Å². The summed E-state index contributed by atoms with van der Waals surface area (Å²) in [6, 6.07) is 15.2. The molecule has 0 spiro atoms. The second-order valence-corrected chi connectivity index (χ2v) is 7.45. The number of ether oxygens (including phenoxy) is 1. The summed E-state index contributed by atoms with van der Waals surface area (Å²) in [6.07, 6.45) is 0.0919. The van der Waals surface area contributed by atoms with Crippen LogP contribution < -0.4 is 10.2 Å². The van der Waals surface area contributed by atoms with Gasteiger partial charge >= 0.3 is 5.97 Å². The van der Waals surface area contributed by atoms with E-state index in [0.29, 0.717) is 0 Å². The van der Waals surface area contributed by atoms with Gasteiger partial charge in [0.2, 0.25) is 5.91 Å². The molecular formula is C23H26N2O4. The van der Waals surface area contributed by atoms with Crippen LogP contribution in [0.1, 0.15) is 36.1 Å². The molecular weight excluding hydrogens is 368 g/mol. The lowest BCUT2D eigenvalue weighted by Crippen LogP contribution is -2.33. The van der Waals surface area contributed by atoms with E-state index in [1.54, 1.807) is 4.90 Å². The molecule has 1 N–H and O–H groups in total. The van der Waals surface area contributed by atoms with E-state index in [1.807, 2.05) is 69.3 Å². The molecule has 0 radical (unpaired) electrons. The Bertz CT molecular complexity index is 890. The van der Waals surface area contributed by atoms with Crippen molar-refractivity contribution < 1.29 is 19.1 Å². The number of hydrogen-bond donors (Lipinski definition) is 1. The van der Waals surface area contributed by atoms with Crippen molar-refractivity contribution in [2.24, 2.45) is 5.92 Å². The van der Waals surface area contributed by atoms with E-state index in [0.717, 1.165) is 22.4 Å². The van der Waals surface area contributed by atoms with E-state index < -0.39 is 11.9 Å². The van der Waals surface area contributed by atoms with Gasteiger partial charge in [-0.15, -0.1) is 0 Å². The van der Waals surface area contributed by atoms with Crippen LogP contribution in [0.15, 0.2) is 48.5 Å². The smallest absolute Gasteiger partial charge is 0.311 e. The maximum absolute atomic E-state index is 12.5. The van der Waals surface area contributed by atoms with Crippen LogP contribution >= 0.6 is 0 Å². The first-order valence-corrected chi connectivity index (χ1v) is 9.74. The topological polar surface area (TPSA) is 75.7 Å². The van der Waals surface area contributed by atoms with Gasteiger partial charge in [0.15, 0.2) is 6.61 Å². The molecule has 1 heterocycles. The van der Waals surface area contributed by atoms with E-state index in [2.05, 4.69) is 5.32 Å². The summed E-state index contributed by atoms with van der Waals surface area (Å²) in [4.78, 5) is 38.7. The van der Waals surface area contributed by atoms with Crippen molar-refractivity contribution in [1.29, 1.82) is 0 Å². The molecule has 2 atom stereocenters. The molecule has 2 aromatic carbocycles. The second-order valence-electron chi connectivity index (χ2n) is 7.45. The fraction of sp³-hybridized carbons (Fsp3) is 0.348. The molecule has 6 nitrogen and oxygen atoms in total. The first kappa shape index (κ1) is 20.6. The zero-order chi connectivity index (χ0) is 21.0. The number of amides is 2. The molecule has 1 fully saturated rings. The van der Waals surface area contributed by atoms with Gasteiger partial charge in [-0.25, -0.2) is 0 Å². The van der Waals surface area contributed by atoms with Crippen molar-refractivity contribution in [2.45, 2.75) is 33.2 Å². The summed E-state index contributed by atoms with van der Waals surface area (Å²) < 4.78 is 5.19. The minimum Gasteiger partial charge on any atom is -0.455 e. The Kier molecular flexibility index (Phi) is 6.32. The molecule has 6 heteroatoms. The molecule has 2 amide bonds. The predicted octanol–water partition coefficient (Wildman–Crippen LogP) is 3.08. The third-order valence-electron chi connectivity index (χ3n) is 5.19. The Morgan fingerprint density at radius 1 is 1.10 bits per heavy atom. The van der Waals surface area contributed by atoms with Crippen molar-refractivity contribution in [3.05, 3.63) is 65.2 Å². The van der Waals surface area contributed by atoms with Gasteiger partial charge in [0.25, 0.3) is 5.91 Å². The van der Waals surface area contributed by atoms with Crippen molar-refractivity contribution in [3.63, 3.8) is 0 Å². The lowest BCUT2D eigenvalue weighted by molar-refractivity contribution is -0.152. The second kappa shape index (κ2) is 8.90. The Morgan fingerprint density at radius 2 is 1.76 bits per heavy atom. The third-order valence-corrected chi connectivity index (χ3v) is 5.19. The molecule has 0 aliphatic carbocycles. The van der Waals surface area contributed by atoms with Gasteiger partial charge in [-0.1, -0.05) is 48.5 Å². The summed E-state index contributed by atoms with van der Waals surface area (Å²) in [5.41, 5.74) is 3.79. The van der Waals surface area contributed by atoms with Crippen molar-refractivity contribution in [2.75, 3.05) is 18.1 Å². The number of esters is 1. The fourth-order valence-electron chi connectivity index (χ4n) is 3.68. The fourth-order valence-corrected chi connectivity index (χ4v) is 3.68.